The van der Waals surface area contributed by atoms with Crippen molar-refractivity contribution in [3.8, 4) is 0 Å². The summed E-state index contributed by atoms with van der Waals surface area (Å²) >= 11 is 6.09. The topological polar surface area (TPSA) is 69.6 Å². The van der Waals surface area contributed by atoms with Gasteiger partial charge in [-0.3, -0.25) is 9.59 Å². The van der Waals surface area contributed by atoms with Crippen molar-refractivity contribution in [3.63, 3.8) is 0 Å². The molecule has 1 aromatic rings. The van der Waals surface area contributed by atoms with Crippen molar-refractivity contribution >= 4 is 29.1 Å². The average Bonchev–Trinajstić information content (AvgIpc) is 2.45. The number of nitrogens with one attached hydrogen (secondary N) is 1. The average molecular weight is 327 g/mol. The summed E-state index contributed by atoms with van der Waals surface area (Å²) in [5.41, 5.74) is 0.859. The quantitative estimate of drug-likeness (QED) is 0.809. The lowest BCUT2D eigenvalue weighted by molar-refractivity contribution is -0.116. The zero-order valence-corrected chi connectivity index (χ0v) is 14.0. The molecule has 1 rings (SSSR count). The molecule has 0 heterocycles. The number of benzene rings is 1. The maximum Gasteiger partial charge on any atom is 0.255 e. The Kier molecular flexibility index (Phi) is 7.35. The van der Waals surface area contributed by atoms with Crippen molar-refractivity contribution in [1.82, 2.24) is 4.90 Å². The standard InChI is InChI=1S/C16H23ClN2O3/c1-4-19(7-8-20)16(22)13-10-12(5-6-14(13)17)18-15(21)9-11(2)3/h5-6,10-11,20H,4,7-9H2,1-3H3,(H,18,21). The van der Waals surface area contributed by atoms with Crippen LogP contribution in [-0.4, -0.2) is 41.5 Å². The number of hydrogen-bond acceptors (Lipinski definition) is 3. The second-order valence-electron chi connectivity index (χ2n) is 5.45. The third-order valence-electron chi connectivity index (χ3n) is 3.11. The molecule has 0 aliphatic rings. The van der Waals surface area contributed by atoms with Crippen LogP contribution in [0, 0.1) is 5.92 Å². The number of carbonyl (C=O) groups excluding carboxylic acids is 2. The number of halogens is 1. The van der Waals surface area contributed by atoms with E-state index in [1.165, 1.54) is 4.90 Å². The number of anilines is 1. The van der Waals surface area contributed by atoms with Crippen LogP contribution in [0.5, 0.6) is 0 Å². The Balaban J connectivity index is 2.94. The predicted octanol–water partition coefficient (Wildman–Crippen LogP) is 2.78. The van der Waals surface area contributed by atoms with Crippen molar-refractivity contribution in [3.05, 3.63) is 28.8 Å². The zero-order chi connectivity index (χ0) is 16.7. The van der Waals surface area contributed by atoms with Gasteiger partial charge in [-0.25, -0.2) is 0 Å². The SMILES string of the molecule is CCN(CCO)C(=O)c1cc(NC(=O)CC(C)C)ccc1Cl. The molecule has 6 heteroatoms. The first kappa shape index (κ1) is 18.5. The van der Waals surface area contributed by atoms with Crippen LogP contribution < -0.4 is 5.32 Å². The first-order valence-corrected chi connectivity index (χ1v) is 7.76. The summed E-state index contributed by atoms with van der Waals surface area (Å²) in [5.74, 6) is -0.103. The summed E-state index contributed by atoms with van der Waals surface area (Å²) < 4.78 is 0. The molecular weight excluding hydrogens is 304 g/mol. The van der Waals surface area contributed by atoms with Gasteiger partial charge in [0.25, 0.3) is 5.91 Å². The molecule has 0 saturated heterocycles. The Bertz CT molecular complexity index is 532. The molecule has 0 spiro atoms. The number of rotatable bonds is 7. The third kappa shape index (κ3) is 5.31. The van der Waals surface area contributed by atoms with E-state index in [0.717, 1.165) is 0 Å². The van der Waals surface area contributed by atoms with Gasteiger partial charge < -0.3 is 15.3 Å². The summed E-state index contributed by atoms with van der Waals surface area (Å²) in [4.78, 5) is 25.7. The van der Waals surface area contributed by atoms with E-state index in [1.54, 1.807) is 18.2 Å². The second-order valence-corrected chi connectivity index (χ2v) is 5.86. The Morgan fingerprint density at radius 2 is 2.05 bits per heavy atom. The molecule has 22 heavy (non-hydrogen) atoms. The number of aliphatic hydroxyl groups excluding tert-OH is 1. The second kappa shape index (κ2) is 8.76. The summed E-state index contributed by atoms with van der Waals surface area (Å²) in [6.45, 7) is 6.36. The number of nitrogens with zero attached hydrogens (tertiary/aromatic N) is 1. The minimum atomic E-state index is -0.262. The number of likely N-dealkylation sites (N-methyl/N-ethyl adjacent to an activating group) is 1. The van der Waals surface area contributed by atoms with Crippen LogP contribution in [-0.2, 0) is 4.79 Å². The number of amides is 2. The molecule has 0 bridgehead atoms. The first-order valence-electron chi connectivity index (χ1n) is 7.38. The lowest BCUT2D eigenvalue weighted by Crippen LogP contribution is -2.33. The molecule has 122 valence electrons. The van der Waals surface area contributed by atoms with Gasteiger partial charge in [0, 0.05) is 25.2 Å². The van der Waals surface area contributed by atoms with E-state index >= 15 is 0 Å². The van der Waals surface area contributed by atoms with Gasteiger partial charge in [0.05, 0.1) is 17.2 Å². The highest BCUT2D eigenvalue weighted by Gasteiger charge is 2.18. The smallest absolute Gasteiger partial charge is 0.255 e. The van der Waals surface area contributed by atoms with E-state index in [2.05, 4.69) is 5.32 Å². The van der Waals surface area contributed by atoms with Crippen molar-refractivity contribution in [2.75, 3.05) is 25.0 Å². The van der Waals surface area contributed by atoms with Gasteiger partial charge in [-0.05, 0) is 31.0 Å². The van der Waals surface area contributed by atoms with Gasteiger partial charge in [0.2, 0.25) is 5.91 Å². The highest BCUT2D eigenvalue weighted by Crippen LogP contribution is 2.22. The van der Waals surface area contributed by atoms with Gasteiger partial charge >= 0.3 is 0 Å². The lowest BCUT2D eigenvalue weighted by atomic mass is 10.1. The van der Waals surface area contributed by atoms with Crippen LogP contribution in [0.15, 0.2) is 18.2 Å². The summed E-state index contributed by atoms with van der Waals surface area (Å²) in [5, 5.41) is 12.1. The zero-order valence-electron chi connectivity index (χ0n) is 13.2. The van der Waals surface area contributed by atoms with Crippen LogP contribution in [0.3, 0.4) is 0 Å². The third-order valence-corrected chi connectivity index (χ3v) is 3.44. The molecule has 0 fully saturated rings. The van der Waals surface area contributed by atoms with Gasteiger partial charge in [0.1, 0.15) is 0 Å². The fraction of sp³-hybridized carbons (Fsp3) is 0.500. The van der Waals surface area contributed by atoms with Crippen molar-refractivity contribution in [2.45, 2.75) is 27.2 Å². The first-order chi connectivity index (χ1) is 10.4. The highest BCUT2D eigenvalue weighted by molar-refractivity contribution is 6.34. The largest absolute Gasteiger partial charge is 0.395 e. The van der Waals surface area contributed by atoms with E-state index < -0.39 is 0 Å². The molecular formula is C16H23ClN2O3. The van der Waals surface area contributed by atoms with Gasteiger partial charge in [-0.1, -0.05) is 25.4 Å². The fourth-order valence-corrected chi connectivity index (χ4v) is 2.24. The van der Waals surface area contributed by atoms with E-state index in [-0.39, 0.29) is 30.9 Å². The van der Waals surface area contributed by atoms with Crippen LogP contribution in [0.25, 0.3) is 0 Å². The van der Waals surface area contributed by atoms with Crippen LogP contribution >= 0.6 is 11.6 Å². The Labute approximate surface area is 136 Å². The summed E-state index contributed by atoms with van der Waals surface area (Å²) in [7, 11) is 0. The monoisotopic (exact) mass is 326 g/mol. The molecule has 2 N–H and O–H groups in total. The molecule has 1 aromatic carbocycles. The Hall–Kier alpha value is -1.59. The molecule has 0 atom stereocenters. The minimum Gasteiger partial charge on any atom is -0.395 e. The fourth-order valence-electron chi connectivity index (χ4n) is 2.04. The maximum absolute atomic E-state index is 12.4. The van der Waals surface area contributed by atoms with Gasteiger partial charge in [-0.15, -0.1) is 0 Å². The van der Waals surface area contributed by atoms with Crippen molar-refractivity contribution < 1.29 is 14.7 Å². The molecule has 2 amide bonds. The molecule has 0 radical (unpaired) electrons. The predicted molar refractivity (Wildman–Crippen MR) is 88.2 cm³/mol. The molecule has 0 aliphatic carbocycles. The molecule has 0 unspecified atom stereocenters. The van der Waals surface area contributed by atoms with E-state index in [4.69, 9.17) is 16.7 Å². The maximum atomic E-state index is 12.4. The molecule has 0 saturated carbocycles. The van der Waals surface area contributed by atoms with E-state index in [1.807, 2.05) is 20.8 Å². The van der Waals surface area contributed by atoms with Crippen molar-refractivity contribution in [2.24, 2.45) is 5.92 Å². The Morgan fingerprint density at radius 3 is 2.59 bits per heavy atom. The van der Waals surface area contributed by atoms with Gasteiger partial charge in [-0.2, -0.15) is 0 Å². The number of carbonyl (C=O) groups is 2. The minimum absolute atomic E-state index is 0.0987. The number of aliphatic hydroxyl groups is 1. The van der Waals surface area contributed by atoms with E-state index in [9.17, 15) is 9.59 Å². The Morgan fingerprint density at radius 1 is 1.36 bits per heavy atom. The highest BCUT2D eigenvalue weighted by atomic mass is 35.5. The van der Waals surface area contributed by atoms with Gasteiger partial charge in [0.15, 0.2) is 0 Å². The van der Waals surface area contributed by atoms with Crippen LogP contribution in [0.4, 0.5) is 5.69 Å². The van der Waals surface area contributed by atoms with Crippen molar-refractivity contribution in [1.29, 1.82) is 0 Å². The number of hydrogen-bond donors (Lipinski definition) is 2. The lowest BCUT2D eigenvalue weighted by Gasteiger charge is -2.20. The summed E-state index contributed by atoms with van der Waals surface area (Å²) in [6.07, 6.45) is 0.414. The molecule has 0 aliphatic heterocycles. The normalized spacial score (nSPS) is 10.6. The van der Waals surface area contributed by atoms with Crippen LogP contribution in [0.2, 0.25) is 5.02 Å². The van der Waals surface area contributed by atoms with Crippen LogP contribution in [0.1, 0.15) is 37.6 Å². The molecule has 0 aromatic heterocycles. The molecule has 5 nitrogen and oxygen atoms in total. The summed E-state index contributed by atoms with van der Waals surface area (Å²) in [6, 6.07) is 4.83. The van der Waals surface area contributed by atoms with E-state index in [0.29, 0.717) is 29.2 Å².